The maximum Gasteiger partial charge on any atom is 0.157 e. The second-order valence-electron chi connectivity index (χ2n) is 2.34. The van der Waals surface area contributed by atoms with Gasteiger partial charge in [-0.3, -0.25) is 0 Å². The Balaban J connectivity index is 2.84. The summed E-state index contributed by atoms with van der Waals surface area (Å²) in [5, 5.41) is 8.49. The van der Waals surface area contributed by atoms with E-state index in [1.54, 1.807) is 18.5 Å². The molecular weight excluding hydrogens is 157 g/mol. The van der Waals surface area contributed by atoms with Crippen LogP contribution in [-0.2, 0) is 0 Å². The minimum Gasteiger partial charge on any atom is -0.304 e. The van der Waals surface area contributed by atoms with E-state index in [-0.39, 0.29) is 5.56 Å². The summed E-state index contributed by atoms with van der Waals surface area (Å²) in [5.74, 6) is -0.525. The van der Waals surface area contributed by atoms with Crippen molar-refractivity contribution in [2.24, 2.45) is 0 Å². The molecular formula is C8H4FN3. The number of pyridine rings is 1. The molecule has 0 amide bonds. The normalized spacial score (nSPS) is 10.0. The van der Waals surface area contributed by atoms with Crippen molar-refractivity contribution < 1.29 is 4.39 Å². The third-order valence-corrected chi connectivity index (χ3v) is 1.60. The predicted octanol–water partition coefficient (Wildman–Crippen LogP) is 1.35. The number of aromatic nitrogens is 2. The van der Waals surface area contributed by atoms with E-state index in [4.69, 9.17) is 5.26 Å². The Morgan fingerprint density at radius 2 is 2.42 bits per heavy atom. The van der Waals surface area contributed by atoms with Crippen molar-refractivity contribution in [1.82, 2.24) is 9.38 Å². The molecule has 0 unspecified atom stereocenters. The molecule has 0 aromatic carbocycles. The summed E-state index contributed by atoms with van der Waals surface area (Å²) in [6.45, 7) is 0. The van der Waals surface area contributed by atoms with Gasteiger partial charge in [0, 0.05) is 24.7 Å². The average molecular weight is 161 g/mol. The van der Waals surface area contributed by atoms with E-state index in [0.29, 0.717) is 5.65 Å². The maximum absolute atomic E-state index is 12.9. The van der Waals surface area contributed by atoms with Crippen LogP contribution >= 0.6 is 0 Å². The van der Waals surface area contributed by atoms with Crippen molar-refractivity contribution in [1.29, 1.82) is 5.26 Å². The lowest BCUT2D eigenvalue weighted by Gasteiger charge is -1.94. The second-order valence-corrected chi connectivity index (χ2v) is 2.34. The van der Waals surface area contributed by atoms with Crippen molar-refractivity contribution in [3.05, 3.63) is 36.0 Å². The minimum atomic E-state index is -0.525. The molecule has 0 radical (unpaired) electrons. The number of rotatable bonds is 0. The Kier molecular flexibility index (Phi) is 1.31. The Labute approximate surface area is 67.7 Å². The zero-order valence-electron chi connectivity index (χ0n) is 6.03. The molecule has 0 N–H and O–H groups in total. The number of hydrogen-bond acceptors (Lipinski definition) is 2. The van der Waals surface area contributed by atoms with Crippen LogP contribution in [0.15, 0.2) is 24.7 Å². The first-order valence-electron chi connectivity index (χ1n) is 3.33. The number of nitriles is 1. The fourth-order valence-corrected chi connectivity index (χ4v) is 1.02. The summed E-state index contributed by atoms with van der Waals surface area (Å²) < 4.78 is 14.5. The van der Waals surface area contributed by atoms with Gasteiger partial charge in [0.1, 0.15) is 11.7 Å². The van der Waals surface area contributed by atoms with Gasteiger partial charge in [0.05, 0.1) is 5.56 Å². The fraction of sp³-hybridized carbons (Fsp3) is 0. The SMILES string of the molecule is N#Cc1cc2nccn2cc1F. The van der Waals surface area contributed by atoms with E-state index in [0.717, 1.165) is 0 Å². The summed E-state index contributed by atoms with van der Waals surface area (Å²) in [4.78, 5) is 3.91. The molecule has 0 atom stereocenters. The Morgan fingerprint density at radius 3 is 3.17 bits per heavy atom. The molecule has 0 aliphatic rings. The van der Waals surface area contributed by atoms with Gasteiger partial charge in [0.15, 0.2) is 5.82 Å². The third-order valence-electron chi connectivity index (χ3n) is 1.60. The summed E-state index contributed by atoms with van der Waals surface area (Å²) in [6, 6.07) is 3.16. The van der Waals surface area contributed by atoms with Crippen LogP contribution in [0.1, 0.15) is 5.56 Å². The quantitative estimate of drug-likeness (QED) is 0.585. The molecule has 0 aliphatic carbocycles. The highest BCUT2D eigenvalue weighted by Crippen LogP contribution is 2.08. The highest BCUT2D eigenvalue weighted by Gasteiger charge is 2.03. The molecule has 4 heteroatoms. The predicted molar refractivity (Wildman–Crippen MR) is 39.9 cm³/mol. The molecule has 0 saturated carbocycles. The van der Waals surface area contributed by atoms with Crippen LogP contribution < -0.4 is 0 Å². The van der Waals surface area contributed by atoms with Crippen LogP contribution in [0.25, 0.3) is 5.65 Å². The van der Waals surface area contributed by atoms with E-state index >= 15 is 0 Å². The van der Waals surface area contributed by atoms with Gasteiger partial charge in [-0.05, 0) is 0 Å². The van der Waals surface area contributed by atoms with Crippen LogP contribution in [0.5, 0.6) is 0 Å². The first-order valence-corrected chi connectivity index (χ1v) is 3.33. The number of hydrogen-bond donors (Lipinski definition) is 0. The average Bonchev–Trinajstić information content (AvgIpc) is 2.49. The Bertz CT molecular complexity index is 467. The van der Waals surface area contributed by atoms with Gasteiger partial charge < -0.3 is 4.40 Å². The lowest BCUT2D eigenvalue weighted by atomic mass is 10.3. The summed E-state index contributed by atoms with van der Waals surface area (Å²) >= 11 is 0. The van der Waals surface area contributed by atoms with Crippen LogP contribution in [-0.4, -0.2) is 9.38 Å². The lowest BCUT2D eigenvalue weighted by Crippen LogP contribution is -1.89. The first-order chi connectivity index (χ1) is 5.81. The molecule has 2 heterocycles. The van der Waals surface area contributed by atoms with Crippen LogP contribution in [0, 0.1) is 17.1 Å². The van der Waals surface area contributed by atoms with Gasteiger partial charge in [-0.2, -0.15) is 5.26 Å². The second kappa shape index (κ2) is 2.31. The van der Waals surface area contributed by atoms with E-state index in [2.05, 4.69) is 4.98 Å². The summed E-state index contributed by atoms with van der Waals surface area (Å²) in [5.41, 5.74) is 0.599. The topological polar surface area (TPSA) is 41.1 Å². The number of imidazole rings is 1. The Morgan fingerprint density at radius 1 is 1.58 bits per heavy atom. The fourth-order valence-electron chi connectivity index (χ4n) is 1.02. The largest absolute Gasteiger partial charge is 0.304 e. The van der Waals surface area contributed by atoms with Gasteiger partial charge in [0.2, 0.25) is 0 Å². The van der Waals surface area contributed by atoms with Gasteiger partial charge >= 0.3 is 0 Å². The number of halogens is 1. The van der Waals surface area contributed by atoms with Crippen molar-refractivity contribution in [2.75, 3.05) is 0 Å². The minimum absolute atomic E-state index is 0.0219. The molecule has 2 rings (SSSR count). The monoisotopic (exact) mass is 161 g/mol. The molecule has 0 spiro atoms. The van der Waals surface area contributed by atoms with Crippen molar-refractivity contribution in [3.8, 4) is 6.07 Å². The van der Waals surface area contributed by atoms with Crippen molar-refractivity contribution >= 4 is 5.65 Å². The van der Waals surface area contributed by atoms with E-state index in [1.807, 2.05) is 0 Å². The molecule has 3 nitrogen and oxygen atoms in total. The van der Waals surface area contributed by atoms with Crippen LogP contribution in [0.3, 0.4) is 0 Å². The van der Waals surface area contributed by atoms with E-state index in [9.17, 15) is 4.39 Å². The molecule has 0 bridgehead atoms. The molecule has 12 heavy (non-hydrogen) atoms. The molecule has 2 aromatic rings. The number of fused-ring (bicyclic) bond motifs is 1. The van der Waals surface area contributed by atoms with Gasteiger partial charge in [0.25, 0.3) is 0 Å². The standard InChI is InChI=1S/C8H4FN3/c9-7-5-12-2-1-11-8(12)3-6(7)4-10/h1-3,5H. The first kappa shape index (κ1) is 6.80. The molecule has 58 valence electrons. The summed E-state index contributed by atoms with van der Waals surface area (Å²) in [7, 11) is 0. The van der Waals surface area contributed by atoms with E-state index in [1.165, 1.54) is 16.7 Å². The lowest BCUT2D eigenvalue weighted by molar-refractivity contribution is 0.615. The highest BCUT2D eigenvalue weighted by molar-refractivity contribution is 5.46. The smallest absolute Gasteiger partial charge is 0.157 e. The zero-order chi connectivity index (χ0) is 8.55. The van der Waals surface area contributed by atoms with Gasteiger partial charge in [-0.1, -0.05) is 0 Å². The highest BCUT2D eigenvalue weighted by atomic mass is 19.1. The third kappa shape index (κ3) is 0.839. The summed E-state index contributed by atoms with van der Waals surface area (Å²) in [6.07, 6.45) is 4.41. The van der Waals surface area contributed by atoms with E-state index < -0.39 is 5.82 Å². The Hall–Kier alpha value is -1.89. The number of nitrogens with zero attached hydrogens (tertiary/aromatic N) is 3. The van der Waals surface area contributed by atoms with Crippen molar-refractivity contribution in [2.45, 2.75) is 0 Å². The zero-order valence-corrected chi connectivity index (χ0v) is 6.03. The van der Waals surface area contributed by atoms with Gasteiger partial charge in [-0.25, -0.2) is 9.37 Å². The van der Waals surface area contributed by atoms with Crippen LogP contribution in [0.2, 0.25) is 0 Å². The maximum atomic E-state index is 12.9. The van der Waals surface area contributed by atoms with Crippen molar-refractivity contribution in [3.63, 3.8) is 0 Å². The van der Waals surface area contributed by atoms with Gasteiger partial charge in [-0.15, -0.1) is 0 Å². The van der Waals surface area contributed by atoms with Crippen LogP contribution in [0.4, 0.5) is 4.39 Å². The molecule has 0 fully saturated rings. The molecule has 0 saturated heterocycles. The molecule has 0 aliphatic heterocycles. The molecule has 2 aromatic heterocycles.